The van der Waals surface area contributed by atoms with Crippen LogP contribution < -0.4 is 14.8 Å². The van der Waals surface area contributed by atoms with Crippen LogP contribution in [0, 0.1) is 0 Å². The van der Waals surface area contributed by atoms with Crippen LogP contribution in [0.4, 0.5) is 0 Å². The Labute approximate surface area is 122 Å². The summed E-state index contributed by atoms with van der Waals surface area (Å²) in [5.74, 6) is 1.07. The van der Waals surface area contributed by atoms with Crippen LogP contribution in [-0.2, 0) is 0 Å². The van der Waals surface area contributed by atoms with Gasteiger partial charge in [0.1, 0.15) is 0 Å². The minimum atomic E-state index is -0.000229. The van der Waals surface area contributed by atoms with Crippen molar-refractivity contribution in [1.29, 1.82) is 0 Å². The van der Waals surface area contributed by atoms with Crippen molar-refractivity contribution in [3.8, 4) is 11.5 Å². The average molecular weight is 297 g/mol. The summed E-state index contributed by atoms with van der Waals surface area (Å²) >= 11 is 6.12. The van der Waals surface area contributed by atoms with Gasteiger partial charge in [-0.25, -0.2) is 0 Å². The standard InChI is InChI=1S/C14H17ClN2O3/c1-16-10-2-4-17(5-3-10)14(18)9-6-11(15)13-12(7-9)19-8-20-13/h6-7,10,16H,2-5,8H2,1H3. The number of nitrogens with one attached hydrogen (secondary N) is 1. The van der Waals surface area contributed by atoms with Gasteiger partial charge in [0.15, 0.2) is 11.5 Å². The monoisotopic (exact) mass is 296 g/mol. The van der Waals surface area contributed by atoms with Crippen LogP contribution in [0.3, 0.4) is 0 Å². The van der Waals surface area contributed by atoms with Crippen LogP contribution in [0.2, 0.25) is 5.02 Å². The maximum Gasteiger partial charge on any atom is 0.254 e. The molecule has 20 heavy (non-hydrogen) atoms. The predicted molar refractivity (Wildman–Crippen MR) is 75.6 cm³/mol. The third-order valence-electron chi connectivity index (χ3n) is 3.86. The fraction of sp³-hybridized carbons (Fsp3) is 0.500. The number of halogens is 1. The summed E-state index contributed by atoms with van der Waals surface area (Å²) in [6.45, 7) is 1.67. The molecule has 0 radical (unpaired) electrons. The lowest BCUT2D eigenvalue weighted by Crippen LogP contribution is -2.43. The number of hydrogen-bond donors (Lipinski definition) is 1. The van der Waals surface area contributed by atoms with E-state index >= 15 is 0 Å². The summed E-state index contributed by atoms with van der Waals surface area (Å²) in [6.07, 6.45) is 1.95. The van der Waals surface area contributed by atoms with Gasteiger partial charge in [-0.3, -0.25) is 4.79 Å². The molecule has 0 bridgehead atoms. The largest absolute Gasteiger partial charge is 0.454 e. The summed E-state index contributed by atoms with van der Waals surface area (Å²) in [7, 11) is 1.96. The Balaban J connectivity index is 1.76. The molecule has 2 aliphatic heterocycles. The normalized spacial score (nSPS) is 18.4. The number of fused-ring (bicyclic) bond motifs is 1. The summed E-state index contributed by atoms with van der Waals surface area (Å²) in [6, 6.07) is 3.86. The van der Waals surface area contributed by atoms with Crippen LogP contribution in [-0.4, -0.2) is 43.8 Å². The van der Waals surface area contributed by atoms with Crippen molar-refractivity contribution < 1.29 is 14.3 Å². The molecule has 0 saturated carbocycles. The Hall–Kier alpha value is -1.46. The molecule has 6 heteroatoms. The number of ether oxygens (including phenoxy) is 2. The second-order valence-electron chi connectivity index (χ2n) is 5.05. The van der Waals surface area contributed by atoms with Gasteiger partial charge in [0.05, 0.1) is 5.02 Å². The number of amides is 1. The van der Waals surface area contributed by atoms with E-state index in [0.29, 0.717) is 28.1 Å². The molecule has 108 valence electrons. The van der Waals surface area contributed by atoms with E-state index in [4.69, 9.17) is 21.1 Å². The highest BCUT2D eigenvalue weighted by Crippen LogP contribution is 2.40. The van der Waals surface area contributed by atoms with E-state index in [0.717, 1.165) is 25.9 Å². The van der Waals surface area contributed by atoms with Gasteiger partial charge in [-0.15, -0.1) is 0 Å². The molecule has 1 saturated heterocycles. The predicted octanol–water partition coefficient (Wildman–Crippen LogP) is 1.89. The number of benzene rings is 1. The Bertz CT molecular complexity index is 527. The number of piperidine rings is 1. The zero-order valence-electron chi connectivity index (χ0n) is 11.3. The average Bonchev–Trinajstić information content (AvgIpc) is 2.95. The topological polar surface area (TPSA) is 50.8 Å². The van der Waals surface area contributed by atoms with Crippen LogP contribution in [0.25, 0.3) is 0 Å². The fourth-order valence-corrected chi connectivity index (χ4v) is 2.91. The first kappa shape index (κ1) is 13.5. The summed E-state index contributed by atoms with van der Waals surface area (Å²) < 4.78 is 10.6. The van der Waals surface area contributed by atoms with Gasteiger partial charge in [0.25, 0.3) is 5.91 Å². The quantitative estimate of drug-likeness (QED) is 0.905. The third kappa shape index (κ3) is 2.43. The molecule has 1 N–H and O–H groups in total. The summed E-state index contributed by atoms with van der Waals surface area (Å²) in [4.78, 5) is 14.4. The van der Waals surface area contributed by atoms with Gasteiger partial charge in [0, 0.05) is 24.7 Å². The molecule has 2 aliphatic rings. The molecular formula is C14H17ClN2O3. The van der Waals surface area contributed by atoms with Crippen molar-refractivity contribution in [1.82, 2.24) is 10.2 Å². The molecule has 3 rings (SSSR count). The number of carbonyl (C=O) groups is 1. The highest BCUT2D eigenvalue weighted by molar-refractivity contribution is 6.32. The highest BCUT2D eigenvalue weighted by atomic mass is 35.5. The Kier molecular flexibility index (Phi) is 3.72. The van der Waals surface area contributed by atoms with E-state index in [9.17, 15) is 4.79 Å². The summed E-state index contributed by atoms with van der Waals surface area (Å²) in [5, 5.41) is 3.68. The lowest BCUT2D eigenvalue weighted by atomic mass is 10.0. The van der Waals surface area contributed by atoms with Crippen molar-refractivity contribution in [2.45, 2.75) is 18.9 Å². The molecule has 5 nitrogen and oxygen atoms in total. The lowest BCUT2D eigenvalue weighted by molar-refractivity contribution is 0.0707. The van der Waals surface area contributed by atoms with Crippen molar-refractivity contribution >= 4 is 17.5 Å². The molecule has 0 atom stereocenters. The number of nitrogens with zero attached hydrogens (tertiary/aromatic N) is 1. The van der Waals surface area contributed by atoms with E-state index in [1.54, 1.807) is 12.1 Å². The van der Waals surface area contributed by atoms with Crippen LogP contribution in [0.15, 0.2) is 12.1 Å². The first-order valence-corrected chi connectivity index (χ1v) is 7.12. The minimum absolute atomic E-state index is 0.000229. The van der Waals surface area contributed by atoms with Gasteiger partial charge >= 0.3 is 0 Å². The SMILES string of the molecule is CNC1CCN(C(=O)c2cc(Cl)c3c(c2)OCO3)CC1. The summed E-state index contributed by atoms with van der Waals surface area (Å²) in [5.41, 5.74) is 0.558. The fourth-order valence-electron chi connectivity index (χ4n) is 2.64. The Morgan fingerprint density at radius 2 is 2.10 bits per heavy atom. The first-order valence-electron chi connectivity index (χ1n) is 6.74. The molecular weight excluding hydrogens is 280 g/mol. The zero-order valence-corrected chi connectivity index (χ0v) is 12.1. The maximum absolute atomic E-state index is 12.5. The Morgan fingerprint density at radius 3 is 2.80 bits per heavy atom. The van der Waals surface area contributed by atoms with Gasteiger partial charge < -0.3 is 19.7 Å². The molecule has 1 aromatic carbocycles. The molecule has 1 fully saturated rings. The van der Waals surface area contributed by atoms with Gasteiger partial charge in [-0.2, -0.15) is 0 Å². The highest BCUT2D eigenvalue weighted by Gasteiger charge is 2.26. The zero-order chi connectivity index (χ0) is 14.1. The number of likely N-dealkylation sites (tertiary alicyclic amines) is 1. The van der Waals surface area contributed by atoms with Crippen LogP contribution >= 0.6 is 11.6 Å². The third-order valence-corrected chi connectivity index (χ3v) is 4.15. The molecule has 0 aliphatic carbocycles. The van der Waals surface area contributed by atoms with Gasteiger partial charge in [0.2, 0.25) is 6.79 Å². The lowest BCUT2D eigenvalue weighted by Gasteiger charge is -2.31. The van der Waals surface area contributed by atoms with Gasteiger partial charge in [-0.05, 0) is 32.0 Å². The van der Waals surface area contributed by atoms with Crippen molar-refractivity contribution in [3.63, 3.8) is 0 Å². The molecule has 0 aromatic heterocycles. The molecule has 1 aromatic rings. The molecule has 1 amide bonds. The number of hydrogen-bond acceptors (Lipinski definition) is 4. The number of carbonyl (C=O) groups excluding carboxylic acids is 1. The van der Waals surface area contributed by atoms with Crippen molar-refractivity contribution in [2.24, 2.45) is 0 Å². The van der Waals surface area contributed by atoms with Gasteiger partial charge in [-0.1, -0.05) is 11.6 Å². The minimum Gasteiger partial charge on any atom is -0.454 e. The van der Waals surface area contributed by atoms with E-state index in [-0.39, 0.29) is 12.7 Å². The maximum atomic E-state index is 12.5. The van der Waals surface area contributed by atoms with Crippen LogP contribution in [0.1, 0.15) is 23.2 Å². The van der Waals surface area contributed by atoms with Crippen molar-refractivity contribution in [3.05, 3.63) is 22.7 Å². The second-order valence-corrected chi connectivity index (χ2v) is 5.45. The van der Waals surface area contributed by atoms with E-state index in [1.807, 2.05) is 11.9 Å². The van der Waals surface area contributed by atoms with E-state index < -0.39 is 0 Å². The first-order chi connectivity index (χ1) is 9.69. The molecule has 0 unspecified atom stereocenters. The van der Waals surface area contributed by atoms with E-state index in [2.05, 4.69) is 5.32 Å². The molecule has 2 heterocycles. The van der Waals surface area contributed by atoms with E-state index in [1.165, 1.54) is 0 Å². The number of rotatable bonds is 2. The van der Waals surface area contributed by atoms with Crippen LogP contribution in [0.5, 0.6) is 11.5 Å². The second kappa shape index (κ2) is 5.50. The smallest absolute Gasteiger partial charge is 0.254 e. The van der Waals surface area contributed by atoms with Crippen molar-refractivity contribution in [2.75, 3.05) is 26.9 Å². The Morgan fingerprint density at radius 1 is 1.35 bits per heavy atom. The molecule has 0 spiro atoms.